The molecule has 0 saturated carbocycles. The number of rotatable bonds is 2. The molecule has 1 aromatic carbocycles. The first kappa shape index (κ1) is 14.8. The zero-order valence-electron chi connectivity index (χ0n) is 12.0. The molecule has 1 fully saturated rings. The Balaban J connectivity index is 1.89. The molecule has 1 N–H and O–H groups in total. The van der Waals surface area contributed by atoms with Gasteiger partial charge in [0.1, 0.15) is 17.0 Å². The van der Waals surface area contributed by atoms with Crippen molar-refractivity contribution < 1.29 is 19.0 Å². The van der Waals surface area contributed by atoms with Crippen LogP contribution in [0.5, 0.6) is 0 Å². The van der Waals surface area contributed by atoms with E-state index in [1.54, 1.807) is 32.9 Å². The van der Waals surface area contributed by atoms with Gasteiger partial charge in [-0.15, -0.1) is 0 Å². The average Bonchev–Trinajstić information content (AvgIpc) is 2.23. The number of hydrogen-bond acceptors (Lipinski definition) is 3. The highest BCUT2D eigenvalue weighted by Crippen LogP contribution is 2.27. The molecule has 0 unspecified atom stereocenters. The van der Waals surface area contributed by atoms with E-state index < -0.39 is 17.3 Å². The van der Waals surface area contributed by atoms with Gasteiger partial charge < -0.3 is 14.7 Å². The van der Waals surface area contributed by atoms with Gasteiger partial charge >= 0.3 is 6.09 Å². The number of nitrogens with zero attached hydrogens (tertiary/aromatic N) is 1. The number of halogens is 1. The van der Waals surface area contributed by atoms with Gasteiger partial charge in [0, 0.05) is 6.42 Å². The number of aliphatic hydroxyl groups is 1. The highest BCUT2D eigenvalue weighted by molar-refractivity contribution is 5.69. The second kappa shape index (κ2) is 5.05. The van der Waals surface area contributed by atoms with Crippen LogP contribution in [-0.2, 0) is 11.2 Å². The van der Waals surface area contributed by atoms with Gasteiger partial charge in [-0.25, -0.2) is 9.18 Å². The predicted molar refractivity (Wildman–Crippen MR) is 72.9 cm³/mol. The van der Waals surface area contributed by atoms with Crippen LogP contribution in [0.3, 0.4) is 0 Å². The fraction of sp³-hybridized carbons (Fsp3) is 0.533. The molecule has 0 atom stereocenters. The van der Waals surface area contributed by atoms with Crippen molar-refractivity contribution in [2.24, 2.45) is 0 Å². The third kappa shape index (κ3) is 3.70. The molecule has 0 aromatic heterocycles. The van der Waals surface area contributed by atoms with E-state index in [4.69, 9.17) is 4.74 Å². The van der Waals surface area contributed by atoms with E-state index in [-0.39, 0.29) is 18.9 Å². The first-order valence-corrected chi connectivity index (χ1v) is 6.62. The number of benzene rings is 1. The maximum Gasteiger partial charge on any atom is 0.410 e. The summed E-state index contributed by atoms with van der Waals surface area (Å²) in [6.45, 7) is 5.80. The molecule has 0 spiro atoms. The lowest BCUT2D eigenvalue weighted by molar-refractivity contribution is -0.0973. The summed E-state index contributed by atoms with van der Waals surface area (Å²) in [5.74, 6) is -0.325. The molecular formula is C15H20FNO3. The fourth-order valence-electron chi connectivity index (χ4n) is 2.26. The van der Waals surface area contributed by atoms with Gasteiger partial charge in [-0.1, -0.05) is 12.1 Å². The Kier molecular flexibility index (Phi) is 3.73. The van der Waals surface area contributed by atoms with Gasteiger partial charge in [-0.3, -0.25) is 0 Å². The van der Waals surface area contributed by atoms with Crippen LogP contribution < -0.4 is 0 Å². The normalized spacial score (nSPS) is 17.6. The van der Waals surface area contributed by atoms with Crippen LogP contribution in [0, 0.1) is 5.82 Å². The van der Waals surface area contributed by atoms with Crippen molar-refractivity contribution in [3.63, 3.8) is 0 Å². The second-order valence-corrected chi connectivity index (χ2v) is 6.37. The molecule has 4 nitrogen and oxygen atoms in total. The maximum absolute atomic E-state index is 13.1. The Morgan fingerprint density at radius 3 is 2.65 bits per heavy atom. The van der Waals surface area contributed by atoms with E-state index in [0.29, 0.717) is 6.42 Å². The average molecular weight is 281 g/mol. The molecule has 0 aliphatic carbocycles. The number of β-amino-alcohol motifs (C(OH)–C–C–N with tert-alkyl or cyclic N) is 1. The van der Waals surface area contributed by atoms with Crippen molar-refractivity contribution >= 4 is 6.09 Å². The molecular weight excluding hydrogens is 261 g/mol. The van der Waals surface area contributed by atoms with E-state index in [0.717, 1.165) is 5.56 Å². The SMILES string of the molecule is CC(C)(C)OC(=O)N1CC(O)(Cc2cccc(F)c2)C1. The lowest BCUT2D eigenvalue weighted by Crippen LogP contribution is -2.65. The molecule has 1 heterocycles. The third-order valence-electron chi connectivity index (χ3n) is 3.04. The zero-order chi connectivity index (χ0) is 15.0. The summed E-state index contributed by atoms with van der Waals surface area (Å²) >= 11 is 0. The lowest BCUT2D eigenvalue weighted by atomic mass is 9.87. The largest absolute Gasteiger partial charge is 0.444 e. The molecule has 1 aliphatic rings. The summed E-state index contributed by atoms with van der Waals surface area (Å²) in [6.07, 6.45) is -0.106. The van der Waals surface area contributed by atoms with Crippen LogP contribution in [-0.4, -0.2) is 40.4 Å². The van der Waals surface area contributed by atoms with Crippen LogP contribution >= 0.6 is 0 Å². The molecule has 1 aliphatic heterocycles. The van der Waals surface area contributed by atoms with E-state index in [1.807, 2.05) is 0 Å². The highest BCUT2D eigenvalue weighted by Gasteiger charge is 2.45. The van der Waals surface area contributed by atoms with Crippen LogP contribution in [0.1, 0.15) is 26.3 Å². The van der Waals surface area contributed by atoms with Crippen molar-refractivity contribution in [2.45, 2.75) is 38.4 Å². The Labute approximate surface area is 118 Å². The number of carbonyl (C=O) groups excluding carboxylic acids is 1. The number of likely N-dealkylation sites (tertiary alicyclic amines) is 1. The smallest absolute Gasteiger partial charge is 0.410 e. The number of carbonyl (C=O) groups is 1. The Morgan fingerprint density at radius 1 is 1.45 bits per heavy atom. The minimum Gasteiger partial charge on any atom is -0.444 e. The first-order valence-electron chi connectivity index (χ1n) is 6.62. The molecule has 5 heteroatoms. The first-order chi connectivity index (χ1) is 9.17. The van der Waals surface area contributed by atoms with Crippen molar-refractivity contribution in [1.82, 2.24) is 4.90 Å². The molecule has 2 rings (SSSR count). The van der Waals surface area contributed by atoms with Crippen molar-refractivity contribution in [2.75, 3.05) is 13.1 Å². The van der Waals surface area contributed by atoms with E-state index in [1.165, 1.54) is 17.0 Å². The summed E-state index contributed by atoms with van der Waals surface area (Å²) in [5, 5.41) is 10.3. The Morgan fingerprint density at radius 2 is 2.10 bits per heavy atom. The fourth-order valence-corrected chi connectivity index (χ4v) is 2.26. The molecule has 0 radical (unpaired) electrons. The zero-order valence-corrected chi connectivity index (χ0v) is 12.0. The molecule has 1 saturated heterocycles. The molecule has 20 heavy (non-hydrogen) atoms. The van der Waals surface area contributed by atoms with Crippen molar-refractivity contribution in [1.29, 1.82) is 0 Å². The van der Waals surface area contributed by atoms with Crippen LogP contribution in [0.2, 0.25) is 0 Å². The predicted octanol–water partition coefficient (Wildman–Crippen LogP) is 2.35. The van der Waals surface area contributed by atoms with Gasteiger partial charge in [-0.05, 0) is 38.5 Å². The van der Waals surface area contributed by atoms with Gasteiger partial charge in [0.2, 0.25) is 0 Å². The van der Waals surface area contributed by atoms with Crippen molar-refractivity contribution in [3.8, 4) is 0 Å². The van der Waals surface area contributed by atoms with Gasteiger partial charge in [-0.2, -0.15) is 0 Å². The van der Waals surface area contributed by atoms with E-state index >= 15 is 0 Å². The highest BCUT2D eigenvalue weighted by atomic mass is 19.1. The monoisotopic (exact) mass is 281 g/mol. The maximum atomic E-state index is 13.1. The van der Waals surface area contributed by atoms with E-state index in [9.17, 15) is 14.3 Å². The van der Waals surface area contributed by atoms with Crippen LogP contribution in [0.15, 0.2) is 24.3 Å². The molecule has 1 aromatic rings. The Bertz CT molecular complexity index is 504. The van der Waals surface area contributed by atoms with E-state index in [2.05, 4.69) is 0 Å². The van der Waals surface area contributed by atoms with Crippen LogP contribution in [0.4, 0.5) is 9.18 Å². The lowest BCUT2D eigenvalue weighted by Gasteiger charge is -2.46. The Hall–Kier alpha value is -1.62. The molecule has 0 bridgehead atoms. The summed E-state index contributed by atoms with van der Waals surface area (Å²) in [6, 6.07) is 6.13. The summed E-state index contributed by atoms with van der Waals surface area (Å²) in [5.41, 5.74) is -0.825. The summed E-state index contributed by atoms with van der Waals surface area (Å²) in [4.78, 5) is 13.2. The molecule has 1 amide bonds. The minimum absolute atomic E-state index is 0.207. The quantitative estimate of drug-likeness (QED) is 0.905. The second-order valence-electron chi connectivity index (χ2n) is 6.37. The van der Waals surface area contributed by atoms with Gasteiger partial charge in [0.25, 0.3) is 0 Å². The van der Waals surface area contributed by atoms with Gasteiger partial charge in [0.05, 0.1) is 13.1 Å². The minimum atomic E-state index is -0.995. The third-order valence-corrected chi connectivity index (χ3v) is 3.04. The topological polar surface area (TPSA) is 49.8 Å². The molecule has 110 valence electrons. The summed E-state index contributed by atoms with van der Waals surface area (Å²) < 4.78 is 18.3. The van der Waals surface area contributed by atoms with Crippen molar-refractivity contribution in [3.05, 3.63) is 35.6 Å². The van der Waals surface area contributed by atoms with Crippen LogP contribution in [0.25, 0.3) is 0 Å². The summed E-state index contributed by atoms with van der Waals surface area (Å²) in [7, 11) is 0. The standard InChI is InChI=1S/C15H20FNO3/c1-14(2,3)20-13(18)17-9-15(19,10-17)8-11-5-4-6-12(16)7-11/h4-7,19H,8-10H2,1-3H3. The number of hydrogen-bond donors (Lipinski definition) is 1. The van der Waals surface area contributed by atoms with Gasteiger partial charge in [0.15, 0.2) is 0 Å². The number of amides is 1. The number of ether oxygens (including phenoxy) is 1.